The van der Waals surface area contributed by atoms with E-state index in [1.807, 2.05) is 22.6 Å². The first-order valence-corrected chi connectivity index (χ1v) is 8.49. The van der Waals surface area contributed by atoms with E-state index >= 15 is 0 Å². The minimum atomic E-state index is -0.108. The van der Waals surface area contributed by atoms with Gasteiger partial charge in [0.1, 0.15) is 14.4 Å². The standard InChI is InChI=1S/C12H12IN5OS/c13-8-10(19)14-5-15-11(8)20-12-17-16-9(6-1-2-6)18(12)7-3-4-7/h5-7H,1-4H2,(H,14,15,19). The normalized spacial score (nSPS) is 18.4. The molecule has 4 rings (SSSR count). The molecule has 1 N–H and O–H groups in total. The molecule has 0 aromatic carbocycles. The maximum absolute atomic E-state index is 11.6. The molecular formula is C12H12IN5OS. The smallest absolute Gasteiger partial charge is 0.265 e. The van der Waals surface area contributed by atoms with Gasteiger partial charge in [-0.1, -0.05) is 0 Å². The van der Waals surface area contributed by atoms with Gasteiger partial charge in [-0.2, -0.15) is 0 Å². The minimum absolute atomic E-state index is 0.108. The number of hydrogen-bond donors (Lipinski definition) is 1. The Kier molecular flexibility index (Phi) is 3.09. The highest BCUT2D eigenvalue weighted by molar-refractivity contribution is 14.1. The van der Waals surface area contributed by atoms with E-state index in [9.17, 15) is 4.79 Å². The molecule has 0 radical (unpaired) electrons. The maximum Gasteiger partial charge on any atom is 0.265 e. The molecule has 0 spiro atoms. The molecule has 2 aliphatic carbocycles. The average molecular weight is 401 g/mol. The number of aromatic nitrogens is 5. The Labute approximate surface area is 132 Å². The van der Waals surface area contributed by atoms with Gasteiger partial charge in [0.2, 0.25) is 0 Å². The number of halogens is 1. The molecule has 8 heteroatoms. The van der Waals surface area contributed by atoms with Gasteiger partial charge in [-0.05, 0) is 60.0 Å². The van der Waals surface area contributed by atoms with Crippen molar-refractivity contribution in [1.82, 2.24) is 24.7 Å². The van der Waals surface area contributed by atoms with Crippen LogP contribution in [0.5, 0.6) is 0 Å². The molecule has 2 aliphatic rings. The summed E-state index contributed by atoms with van der Waals surface area (Å²) in [7, 11) is 0. The van der Waals surface area contributed by atoms with Crippen molar-refractivity contribution in [3.63, 3.8) is 0 Å². The lowest BCUT2D eigenvalue weighted by Gasteiger charge is -2.07. The summed E-state index contributed by atoms with van der Waals surface area (Å²) in [6.07, 6.45) is 6.27. The molecule has 2 fully saturated rings. The van der Waals surface area contributed by atoms with Crippen LogP contribution in [0.4, 0.5) is 0 Å². The van der Waals surface area contributed by atoms with Gasteiger partial charge in [0.15, 0.2) is 5.16 Å². The lowest BCUT2D eigenvalue weighted by atomic mass is 10.4. The quantitative estimate of drug-likeness (QED) is 0.629. The summed E-state index contributed by atoms with van der Waals surface area (Å²) in [4.78, 5) is 18.4. The van der Waals surface area contributed by atoms with Gasteiger partial charge in [-0.25, -0.2) is 4.98 Å². The van der Waals surface area contributed by atoms with Crippen molar-refractivity contribution >= 4 is 34.4 Å². The maximum atomic E-state index is 11.6. The number of nitrogens with zero attached hydrogens (tertiary/aromatic N) is 4. The number of H-pyrrole nitrogens is 1. The molecule has 0 bridgehead atoms. The van der Waals surface area contributed by atoms with Crippen LogP contribution in [0.1, 0.15) is 43.5 Å². The zero-order chi connectivity index (χ0) is 13.7. The van der Waals surface area contributed by atoms with E-state index in [0.29, 0.717) is 20.6 Å². The molecule has 20 heavy (non-hydrogen) atoms. The SMILES string of the molecule is O=c1[nH]cnc(Sc2nnc(C3CC3)n2C2CC2)c1I. The van der Waals surface area contributed by atoms with Gasteiger partial charge in [-0.15, -0.1) is 10.2 Å². The van der Waals surface area contributed by atoms with E-state index in [2.05, 4.69) is 24.7 Å². The first-order chi connectivity index (χ1) is 9.74. The molecule has 104 valence electrons. The van der Waals surface area contributed by atoms with Crippen LogP contribution in [0.3, 0.4) is 0 Å². The molecule has 0 aliphatic heterocycles. The molecule has 0 unspecified atom stereocenters. The summed E-state index contributed by atoms with van der Waals surface area (Å²) in [6, 6.07) is 0.544. The van der Waals surface area contributed by atoms with Crippen LogP contribution in [0, 0.1) is 3.57 Å². The Hall–Kier alpha value is -0.900. The fourth-order valence-electron chi connectivity index (χ4n) is 2.18. The number of nitrogens with one attached hydrogen (secondary N) is 1. The molecule has 0 atom stereocenters. The highest BCUT2D eigenvalue weighted by Crippen LogP contribution is 2.46. The van der Waals surface area contributed by atoms with Crippen LogP contribution in [0.15, 0.2) is 21.3 Å². The third-order valence-electron chi connectivity index (χ3n) is 3.50. The second kappa shape index (κ2) is 4.83. The van der Waals surface area contributed by atoms with Crippen molar-refractivity contribution in [2.24, 2.45) is 0 Å². The first kappa shape index (κ1) is 12.8. The molecule has 2 heterocycles. The topological polar surface area (TPSA) is 76.5 Å². The third kappa shape index (κ3) is 2.28. The van der Waals surface area contributed by atoms with Gasteiger partial charge in [0, 0.05) is 12.0 Å². The number of hydrogen-bond acceptors (Lipinski definition) is 5. The summed E-state index contributed by atoms with van der Waals surface area (Å²) in [5.41, 5.74) is -0.108. The molecule has 0 amide bonds. The zero-order valence-corrected chi connectivity index (χ0v) is 13.5. The molecule has 2 aromatic heterocycles. The third-order valence-corrected chi connectivity index (χ3v) is 5.83. The van der Waals surface area contributed by atoms with Crippen molar-refractivity contribution in [2.45, 2.75) is 47.8 Å². The Bertz CT molecular complexity index is 719. The fraction of sp³-hybridized carbons (Fsp3) is 0.500. The second-order valence-electron chi connectivity index (χ2n) is 5.17. The van der Waals surface area contributed by atoms with Crippen molar-refractivity contribution in [1.29, 1.82) is 0 Å². The van der Waals surface area contributed by atoms with Gasteiger partial charge >= 0.3 is 0 Å². The summed E-state index contributed by atoms with van der Waals surface area (Å²) < 4.78 is 2.87. The summed E-state index contributed by atoms with van der Waals surface area (Å²) >= 11 is 3.46. The number of rotatable bonds is 4. The second-order valence-corrected chi connectivity index (χ2v) is 7.20. The van der Waals surface area contributed by atoms with Crippen molar-refractivity contribution in [3.05, 3.63) is 26.1 Å². The van der Waals surface area contributed by atoms with Gasteiger partial charge in [-0.3, -0.25) is 4.79 Å². The van der Waals surface area contributed by atoms with Gasteiger partial charge < -0.3 is 9.55 Å². The van der Waals surface area contributed by atoms with Crippen LogP contribution >= 0.6 is 34.4 Å². The fourth-order valence-corrected chi connectivity index (χ4v) is 3.69. The van der Waals surface area contributed by atoms with Crippen LogP contribution in [0.2, 0.25) is 0 Å². The molecule has 0 saturated heterocycles. The Morgan fingerprint density at radius 2 is 2.10 bits per heavy atom. The summed E-state index contributed by atoms with van der Waals surface area (Å²) in [5, 5.41) is 10.3. The summed E-state index contributed by atoms with van der Waals surface area (Å²) in [6.45, 7) is 0. The lowest BCUT2D eigenvalue weighted by molar-refractivity contribution is 0.626. The predicted octanol–water partition coefficient (Wildman–Crippen LogP) is 2.33. The highest BCUT2D eigenvalue weighted by Gasteiger charge is 2.36. The van der Waals surface area contributed by atoms with E-state index < -0.39 is 0 Å². The lowest BCUT2D eigenvalue weighted by Crippen LogP contribution is -2.11. The van der Waals surface area contributed by atoms with E-state index in [-0.39, 0.29) is 5.56 Å². The molecule has 2 saturated carbocycles. The average Bonchev–Trinajstić information content (AvgIpc) is 3.34. The molecule has 6 nitrogen and oxygen atoms in total. The van der Waals surface area contributed by atoms with Crippen LogP contribution in [0.25, 0.3) is 0 Å². The van der Waals surface area contributed by atoms with Gasteiger partial charge in [0.05, 0.1) is 6.33 Å². The summed E-state index contributed by atoms with van der Waals surface area (Å²) in [5.74, 6) is 1.71. The predicted molar refractivity (Wildman–Crippen MR) is 82.0 cm³/mol. The van der Waals surface area contributed by atoms with Crippen LogP contribution < -0.4 is 5.56 Å². The van der Waals surface area contributed by atoms with Crippen LogP contribution in [-0.4, -0.2) is 24.7 Å². The zero-order valence-electron chi connectivity index (χ0n) is 10.5. The highest BCUT2D eigenvalue weighted by atomic mass is 127. The number of aromatic amines is 1. The monoisotopic (exact) mass is 401 g/mol. The van der Waals surface area contributed by atoms with E-state index in [1.165, 1.54) is 43.8 Å². The molecular weight excluding hydrogens is 389 g/mol. The van der Waals surface area contributed by atoms with Gasteiger partial charge in [0.25, 0.3) is 5.56 Å². The minimum Gasteiger partial charge on any atom is -0.312 e. The van der Waals surface area contributed by atoms with E-state index in [0.717, 1.165) is 11.0 Å². The molecule has 2 aromatic rings. The Morgan fingerprint density at radius 3 is 2.80 bits per heavy atom. The van der Waals surface area contributed by atoms with E-state index in [4.69, 9.17) is 0 Å². The van der Waals surface area contributed by atoms with Crippen molar-refractivity contribution < 1.29 is 0 Å². The Balaban J connectivity index is 1.72. The van der Waals surface area contributed by atoms with Crippen molar-refractivity contribution in [3.8, 4) is 0 Å². The first-order valence-electron chi connectivity index (χ1n) is 6.60. The van der Waals surface area contributed by atoms with E-state index in [1.54, 1.807) is 0 Å². The van der Waals surface area contributed by atoms with Crippen LogP contribution in [-0.2, 0) is 0 Å². The largest absolute Gasteiger partial charge is 0.312 e. The Morgan fingerprint density at radius 1 is 1.30 bits per heavy atom. The van der Waals surface area contributed by atoms with Crippen molar-refractivity contribution in [2.75, 3.05) is 0 Å².